The second-order valence-corrected chi connectivity index (χ2v) is 5.78. The fraction of sp³-hybridized carbons (Fsp3) is 0.150. The van der Waals surface area contributed by atoms with Crippen LogP contribution in [0.1, 0.15) is 5.56 Å². The lowest BCUT2D eigenvalue weighted by atomic mass is 10.1. The van der Waals surface area contributed by atoms with Crippen LogP contribution in [-0.2, 0) is 11.2 Å². The number of ether oxygens (including phenoxy) is 1. The number of amides is 1. The van der Waals surface area contributed by atoms with E-state index < -0.39 is 0 Å². The van der Waals surface area contributed by atoms with Crippen LogP contribution in [0.2, 0.25) is 0 Å². The van der Waals surface area contributed by atoms with Gasteiger partial charge in [-0.05, 0) is 17.0 Å². The number of anilines is 1. The highest BCUT2D eigenvalue weighted by atomic mass is 16.5. The lowest BCUT2D eigenvalue weighted by Crippen LogP contribution is -2.67. The maximum Gasteiger partial charge on any atom is 0.282 e. The van der Waals surface area contributed by atoms with Crippen LogP contribution in [0.5, 0.6) is 5.75 Å². The quantitative estimate of drug-likeness (QED) is 0.759. The summed E-state index contributed by atoms with van der Waals surface area (Å²) < 4.78 is 5.44. The molecule has 1 atom stereocenters. The van der Waals surface area contributed by atoms with Crippen LogP contribution in [0.4, 0.5) is 5.69 Å². The molecule has 0 unspecified atom stereocenters. The second kappa shape index (κ2) is 7.15. The first kappa shape index (κ1) is 16.0. The average Bonchev–Trinajstić information content (AvgIpc) is 2.61. The Kier molecular flexibility index (Phi) is 4.77. The summed E-state index contributed by atoms with van der Waals surface area (Å²) in [6.07, 6.45) is 0.609. The molecule has 0 aliphatic rings. The average molecular weight is 321 g/mol. The van der Waals surface area contributed by atoms with E-state index in [-0.39, 0.29) is 11.9 Å². The highest BCUT2D eigenvalue weighted by molar-refractivity contribution is 5.98. The smallest absolute Gasteiger partial charge is 0.282 e. The van der Waals surface area contributed by atoms with Gasteiger partial charge in [0.25, 0.3) is 5.91 Å². The number of carbonyl (C=O) groups is 1. The van der Waals surface area contributed by atoms with Gasteiger partial charge in [0.15, 0.2) is 6.04 Å². The van der Waals surface area contributed by atoms with Crippen molar-refractivity contribution in [1.29, 1.82) is 0 Å². The molecule has 122 valence electrons. The van der Waals surface area contributed by atoms with Gasteiger partial charge in [0.2, 0.25) is 0 Å². The third kappa shape index (κ3) is 3.55. The summed E-state index contributed by atoms with van der Waals surface area (Å²) in [7, 11) is 1.63. The molecule has 0 saturated heterocycles. The van der Waals surface area contributed by atoms with Crippen molar-refractivity contribution in [3.63, 3.8) is 0 Å². The molecular formula is C20H21N2O2+. The minimum absolute atomic E-state index is 0.101. The summed E-state index contributed by atoms with van der Waals surface area (Å²) in [4.78, 5) is 12.4. The second-order valence-electron chi connectivity index (χ2n) is 5.78. The normalized spacial score (nSPS) is 11.9. The first-order chi connectivity index (χ1) is 11.7. The Bertz CT molecular complexity index is 847. The maximum absolute atomic E-state index is 12.4. The Morgan fingerprint density at radius 3 is 2.54 bits per heavy atom. The molecule has 4 nitrogen and oxygen atoms in total. The van der Waals surface area contributed by atoms with Crippen LogP contribution in [0.15, 0.2) is 66.7 Å². The molecule has 3 rings (SSSR count). The third-order valence-corrected chi connectivity index (χ3v) is 4.01. The summed E-state index contributed by atoms with van der Waals surface area (Å²) in [5, 5.41) is 4.99. The van der Waals surface area contributed by atoms with Crippen molar-refractivity contribution in [2.45, 2.75) is 12.5 Å². The van der Waals surface area contributed by atoms with Gasteiger partial charge in [0.1, 0.15) is 5.75 Å². The maximum atomic E-state index is 12.4. The molecule has 0 aromatic heterocycles. The van der Waals surface area contributed by atoms with E-state index in [0.717, 1.165) is 27.8 Å². The van der Waals surface area contributed by atoms with Crippen molar-refractivity contribution in [2.75, 3.05) is 12.4 Å². The van der Waals surface area contributed by atoms with Crippen LogP contribution in [0.25, 0.3) is 10.8 Å². The van der Waals surface area contributed by atoms with Crippen LogP contribution in [0.3, 0.4) is 0 Å². The molecule has 0 aliphatic carbocycles. The molecular weight excluding hydrogens is 300 g/mol. The number of hydrogen-bond acceptors (Lipinski definition) is 2. The molecule has 4 heteroatoms. The van der Waals surface area contributed by atoms with Crippen molar-refractivity contribution in [2.24, 2.45) is 0 Å². The van der Waals surface area contributed by atoms with Crippen molar-refractivity contribution in [1.82, 2.24) is 0 Å². The predicted molar refractivity (Wildman–Crippen MR) is 96.0 cm³/mol. The number of benzene rings is 3. The number of nitrogens with one attached hydrogen (secondary N) is 1. The molecule has 0 saturated carbocycles. The minimum Gasteiger partial charge on any atom is -0.496 e. The highest BCUT2D eigenvalue weighted by Crippen LogP contribution is 2.29. The molecule has 4 N–H and O–H groups in total. The topological polar surface area (TPSA) is 66.0 Å². The van der Waals surface area contributed by atoms with Gasteiger partial charge in [-0.25, -0.2) is 0 Å². The molecule has 24 heavy (non-hydrogen) atoms. The SMILES string of the molecule is COc1cc(NC(=O)[C@@H]([NH3+])Cc2ccccc2)cc2ccccc12. The lowest BCUT2D eigenvalue weighted by Gasteiger charge is -2.12. The van der Waals surface area contributed by atoms with E-state index in [9.17, 15) is 4.79 Å². The first-order valence-corrected chi connectivity index (χ1v) is 7.92. The van der Waals surface area contributed by atoms with Gasteiger partial charge in [-0.15, -0.1) is 0 Å². The van der Waals surface area contributed by atoms with Gasteiger partial charge in [0, 0.05) is 23.6 Å². The summed E-state index contributed by atoms with van der Waals surface area (Å²) in [6, 6.07) is 21.3. The predicted octanol–water partition coefficient (Wildman–Crippen LogP) is 2.64. The first-order valence-electron chi connectivity index (χ1n) is 7.92. The third-order valence-electron chi connectivity index (χ3n) is 4.01. The number of rotatable bonds is 5. The van der Waals surface area contributed by atoms with Gasteiger partial charge < -0.3 is 15.8 Å². The largest absolute Gasteiger partial charge is 0.496 e. The van der Waals surface area contributed by atoms with E-state index in [1.54, 1.807) is 7.11 Å². The standard InChI is InChI=1S/C20H20N2O2/c1-24-19-13-16(12-15-9-5-6-10-17(15)19)22-20(23)18(21)11-14-7-3-2-4-8-14/h2-10,12-13,18H,11,21H2,1H3,(H,22,23)/p+1/t18-/m0/s1. The Morgan fingerprint density at radius 2 is 1.79 bits per heavy atom. The van der Waals surface area contributed by atoms with E-state index >= 15 is 0 Å². The molecule has 1 amide bonds. The molecule has 0 spiro atoms. The zero-order chi connectivity index (χ0) is 16.9. The van der Waals surface area contributed by atoms with E-state index in [4.69, 9.17) is 4.74 Å². The van der Waals surface area contributed by atoms with Gasteiger partial charge in [-0.3, -0.25) is 4.79 Å². The summed E-state index contributed by atoms with van der Waals surface area (Å²) >= 11 is 0. The van der Waals surface area contributed by atoms with Crippen LogP contribution in [-0.4, -0.2) is 19.1 Å². The van der Waals surface area contributed by atoms with Crippen LogP contribution < -0.4 is 15.8 Å². The van der Waals surface area contributed by atoms with Gasteiger partial charge >= 0.3 is 0 Å². The Morgan fingerprint density at radius 1 is 1.08 bits per heavy atom. The van der Waals surface area contributed by atoms with Crippen molar-refractivity contribution in [3.05, 3.63) is 72.3 Å². The lowest BCUT2D eigenvalue weighted by molar-refractivity contribution is -0.402. The fourth-order valence-corrected chi connectivity index (χ4v) is 2.75. The highest BCUT2D eigenvalue weighted by Gasteiger charge is 2.18. The zero-order valence-corrected chi connectivity index (χ0v) is 13.7. The van der Waals surface area contributed by atoms with E-state index in [2.05, 4.69) is 11.1 Å². The Labute approximate surface area is 141 Å². The van der Waals surface area contributed by atoms with Gasteiger partial charge in [-0.1, -0.05) is 54.6 Å². The zero-order valence-electron chi connectivity index (χ0n) is 13.7. The number of quaternary nitrogens is 1. The summed E-state index contributed by atoms with van der Waals surface area (Å²) in [5.74, 6) is 0.642. The summed E-state index contributed by atoms with van der Waals surface area (Å²) in [6.45, 7) is 0. The van der Waals surface area contributed by atoms with E-state index in [0.29, 0.717) is 6.42 Å². The molecule has 0 fully saturated rings. The fourth-order valence-electron chi connectivity index (χ4n) is 2.75. The molecule has 3 aromatic carbocycles. The summed E-state index contributed by atoms with van der Waals surface area (Å²) in [5.41, 5.74) is 5.81. The van der Waals surface area contributed by atoms with Gasteiger partial charge in [0.05, 0.1) is 7.11 Å². The van der Waals surface area contributed by atoms with E-state index in [1.807, 2.05) is 66.7 Å². The number of fused-ring (bicyclic) bond motifs is 1. The van der Waals surface area contributed by atoms with Crippen LogP contribution in [0, 0.1) is 0 Å². The molecule has 3 aromatic rings. The van der Waals surface area contributed by atoms with Crippen molar-refractivity contribution in [3.8, 4) is 5.75 Å². The van der Waals surface area contributed by atoms with E-state index in [1.165, 1.54) is 0 Å². The monoisotopic (exact) mass is 321 g/mol. The molecule has 0 heterocycles. The van der Waals surface area contributed by atoms with Gasteiger partial charge in [-0.2, -0.15) is 0 Å². The Balaban J connectivity index is 1.77. The van der Waals surface area contributed by atoms with Crippen LogP contribution >= 0.6 is 0 Å². The molecule has 0 radical (unpaired) electrons. The van der Waals surface area contributed by atoms with Crippen molar-refractivity contribution >= 4 is 22.4 Å². The number of hydrogen-bond donors (Lipinski definition) is 2. The minimum atomic E-state index is -0.357. The Hall–Kier alpha value is -2.85. The molecule has 0 bridgehead atoms. The molecule has 0 aliphatic heterocycles. The number of methoxy groups -OCH3 is 1. The van der Waals surface area contributed by atoms with Crippen molar-refractivity contribution < 1.29 is 15.3 Å². The number of carbonyl (C=O) groups excluding carboxylic acids is 1.